The number of hydrogen-bond acceptors (Lipinski definition) is 8. The number of aliphatic carboxylic acids is 2. The van der Waals surface area contributed by atoms with Crippen molar-refractivity contribution in [1.82, 2.24) is 20.4 Å². The van der Waals surface area contributed by atoms with Crippen molar-refractivity contribution in [2.75, 3.05) is 78.8 Å². The molecule has 0 saturated carbocycles. The summed E-state index contributed by atoms with van der Waals surface area (Å²) >= 11 is 0. The van der Waals surface area contributed by atoms with E-state index in [9.17, 15) is 0 Å². The van der Waals surface area contributed by atoms with Gasteiger partial charge in [-0.2, -0.15) is 0 Å². The molecule has 0 aromatic carbocycles. The topological polar surface area (TPSA) is 124 Å². The van der Waals surface area contributed by atoms with Crippen LogP contribution >= 0.6 is 0 Å². The fourth-order valence-electron chi connectivity index (χ4n) is 2.96. The first-order valence-electron chi connectivity index (χ1n) is 9.09. The van der Waals surface area contributed by atoms with Crippen molar-refractivity contribution in [3.63, 3.8) is 0 Å². The van der Waals surface area contributed by atoms with Crippen LogP contribution in [-0.2, 0) is 19.1 Å². The second-order valence-electron chi connectivity index (χ2n) is 6.56. The normalized spacial score (nSPS) is 24.8. The molecular weight excluding hydrogens is 344 g/mol. The molecule has 4 saturated heterocycles. The van der Waals surface area contributed by atoms with E-state index < -0.39 is 11.9 Å². The summed E-state index contributed by atoms with van der Waals surface area (Å²) in [4.78, 5) is 23.2. The molecule has 0 amide bonds. The van der Waals surface area contributed by atoms with E-state index in [0.717, 1.165) is 64.7 Å². The van der Waals surface area contributed by atoms with Gasteiger partial charge in [-0.25, -0.2) is 9.59 Å². The van der Waals surface area contributed by atoms with Gasteiger partial charge in [-0.1, -0.05) is 0 Å². The number of piperazine rings is 2. The molecule has 4 heterocycles. The van der Waals surface area contributed by atoms with Crippen molar-refractivity contribution >= 4 is 11.9 Å². The Morgan fingerprint density at radius 1 is 0.692 bits per heavy atom. The van der Waals surface area contributed by atoms with Crippen LogP contribution in [0, 0.1) is 0 Å². The summed E-state index contributed by atoms with van der Waals surface area (Å²) in [6.07, 6.45) is 0. The molecule has 4 fully saturated rings. The van der Waals surface area contributed by atoms with E-state index in [1.54, 1.807) is 0 Å². The maximum atomic E-state index is 9.10. The lowest BCUT2D eigenvalue weighted by Crippen LogP contribution is -2.55. The highest BCUT2D eigenvalue weighted by Gasteiger charge is 2.27. The third kappa shape index (κ3) is 7.14. The van der Waals surface area contributed by atoms with E-state index in [2.05, 4.69) is 20.4 Å². The van der Waals surface area contributed by atoms with E-state index in [1.807, 2.05) is 0 Å². The highest BCUT2D eigenvalue weighted by molar-refractivity contribution is 6.27. The predicted molar refractivity (Wildman–Crippen MR) is 93.4 cm³/mol. The number of nitrogens with zero attached hydrogens (tertiary/aromatic N) is 2. The second kappa shape index (κ2) is 11.4. The first kappa shape index (κ1) is 21.0. The van der Waals surface area contributed by atoms with Crippen LogP contribution in [0.3, 0.4) is 0 Å². The largest absolute Gasteiger partial charge is 0.473 e. The minimum atomic E-state index is -1.82. The zero-order chi connectivity index (χ0) is 18.8. The van der Waals surface area contributed by atoms with Crippen molar-refractivity contribution in [2.45, 2.75) is 12.1 Å². The van der Waals surface area contributed by atoms with Gasteiger partial charge in [-0.05, 0) is 0 Å². The van der Waals surface area contributed by atoms with Crippen molar-refractivity contribution in [2.24, 2.45) is 0 Å². The molecule has 10 nitrogen and oxygen atoms in total. The summed E-state index contributed by atoms with van der Waals surface area (Å²) in [5, 5.41) is 21.5. The Kier molecular flexibility index (Phi) is 9.23. The Hall–Kier alpha value is -1.30. The maximum Gasteiger partial charge on any atom is 0.414 e. The van der Waals surface area contributed by atoms with Gasteiger partial charge >= 0.3 is 11.9 Å². The number of carboxylic acids is 2. The van der Waals surface area contributed by atoms with Crippen LogP contribution in [0.25, 0.3) is 0 Å². The molecule has 0 unspecified atom stereocenters. The van der Waals surface area contributed by atoms with E-state index >= 15 is 0 Å². The highest BCUT2D eigenvalue weighted by atomic mass is 16.5. The first-order valence-corrected chi connectivity index (χ1v) is 9.09. The van der Waals surface area contributed by atoms with Crippen molar-refractivity contribution in [3.05, 3.63) is 0 Å². The molecule has 0 atom stereocenters. The minimum Gasteiger partial charge on any atom is -0.473 e. The Morgan fingerprint density at radius 2 is 1.00 bits per heavy atom. The molecular formula is C16H30N4O6. The maximum absolute atomic E-state index is 9.10. The third-order valence-electron chi connectivity index (χ3n) is 4.76. The van der Waals surface area contributed by atoms with Crippen molar-refractivity contribution < 1.29 is 29.3 Å². The first-order chi connectivity index (χ1) is 12.6. The lowest BCUT2D eigenvalue weighted by atomic mass is 10.2. The van der Waals surface area contributed by atoms with Gasteiger partial charge in [0.25, 0.3) is 0 Å². The molecule has 0 aliphatic carbocycles. The van der Waals surface area contributed by atoms with E-state index in [1.165, 1.54) is 26.2 Å². The van der Waals surface area contributed by atoms with E-state index in [-0.39, 0.29) is 0 Å². The molecule has 10 heteroatoms. The molecule has 0 bridgehead atoms. The molecule has 4 rings (SSSR count). The summed E-state index contributed by atoms with van der Waals surface area (Å²) in [6.45, 7) is 13.2. The number of hydrogen-bond donors (Lipinski definition) is 4. The van der Waals surface area contributed by atoms with Gasteiger partial charge in [0.05, 0.1) is 38.5 Å². The molecule has 0 aromatic rings. The molecule has 4 aliphatic heterocycles. The zero-order valence-corrected chi connectivity index (χ0v) is 15.1. The highest BCUT2D eigenvalue weighted by Crippen LogP contribution is 2.10. The molecule has 150 valence electrons. The molecule has 4 N–H and O–H groups in total. The summed E-state index contributed by atoms with van der Waals surface area (Å²) in [7, 11) is 0. The van der Waals surface area contributed by atoms with Crippen molar-refractivity contribution in [3.8, 4) is 0 Å². The van der Waals surface area contributed by atoms with Crippen LogP contribution in [0.4, 0.5) is 0 Å². The average Bonchev–Trinajstić information content (AvgIpc) is 2.55. The standard InChI is InChI=1S/2C7H14N2O.C2H2O4/c2*1-3-9(4-2-8-1)7-5-10-6-7;3-1(4)2(5)6/h2*7-8H,1-6H2;(H,3,4)(H,5,6). The van der Waals surface area contributed by atoms with Crippen LogP contribution in [-0.4, -0.2) is 123 Å². The number of rotatable bonds is 2. The molecule has 26 heavy (non-hydrogen) atoms. The Bertz CT molecular complexity index is 392. The average molecular weight is 374 g/mol. The lowest BCUT2D eigenvalue weighted by Gasteiger charge is -2.39. The predicted octanol–water partition coefficient (Wildman–Crippen LogP) is -2.26. The number of nitrogens with one attached hydrogen (secondary N) is 2. The van der Waals surface area contributed by atoms with Gasteiger partial charge in [0, 0.05) is 52.4 Å². The SMILES string of the molecule is C1CN(C2COC2)CCN1.C1CN(C2COC2)CCN1.O=C(O)C(=O)O. The summed E-state index contributed by atoms with van der Waals surface area (Å²) in [5.74, 6) is -3.65. The van der Waals surface area contributed by atoms with Crippen LogP contribution in [0.1, 0.15) is 0 Å². The van der Waals surface area contributed by atoms with Gasteiger partial charge in [0.15, 0.2) is 0 Å². The van der Waals surface area contributed by atoms with Gasteiger partial charge in [0.2, 0.25) is 0 Å². The molecule has 0 spiro atoms. The Morgan fingerprint density at radius 3 is 1.19 bits per heavy atom. The molecule has 0 aromatic heterocycles. The van der Waals surface area contributed by atoms with E-state index in [0.29, 0.717) is 0 Å². The zero-order valence-electron chi connectivity index (χ0n) is 15.1. The summed E-state index contributed by atoms with van der Waals surface area (Å²) < 4.78 is 10.3. The van der Waals surface area contributed by atoms with E-state index in [4.69, 9.17) is 29.3 Å². The van der Waals surface area contributed by atoms with Crippen LogP contribution < -0.4 is 10.6 Å². The number of carboxylic acid groups (broad SMARTS) is 2. The van der Waals surface area contributed by atoms with Gasteiger partial charge in [0.1, 0.15) is 0 Å². The van der Waals surface area contributed by atoms with Crippen molar-refractivity contribution in [1.29, 1.82) is 0 Å². The number of ether oxygens (including phenoxy) is 2. The quantitative estimate of drug-likeness (QED) is 0.394. The van der Waals surface area contributed by atoms with Crippen LogP contribution in [0.2, 0.25) is 0 Å². The van der Waals surface area contributed by atoms with Gasteiger partial charge < -0.3 is 30.3 Å². The second-order valence-corrected chi connectivity index (χ2v) is 6.56. The third-order valence-corrected chi connectivity index (χ3v) is 4.76. The minimum absolute atomic E-state index is 0.738. The smallest absolute Gasteiger partial charge is 0.414 e. The molecule has 4 aliphatic rings. The Labute approximate surface area is 153 Å². The van der Waals surface area contributed by atoms with Crippen LogP contribution in [0.15, 0.2) is 0 Å². The summed E-state index contributed by atoms with van der Waals surface area (Å²) in [5.41, 5.74) is 0. The molecule has 0 radical (unpaired) electrons. The lowest BCUT2D eigenvalue weighted by molar-refractivity contribution is -0.159. The van der Waals surface area contributed by atoms with Crippen LogP contribution in [0.5, 0.6) is 0 Å². The monoisotopic (exact) mass is 374 g/mol. The van der Waals surface area contributed by atoms with Gasteiger partial charge in [-0.3, -0.25) is 9.80 Å². The van der Waals surface area contributed by atoms with Gasteiger partial charge in [-0.15, -0.1) is 0 Å². The summed E-state index contributed by atoms with van der Waals surface area (Å²) in [6, 6.07) is 1.48. The number of carbonyl (C=O) groups is 2. The fourth-order valence-corrected chi connectivity index (χ4v) is 2.96. The Balaban J connectivity index is 0.000000146. The fraction of sp³-hybridized carbons (Fsp3) is 0.875.